The second-order valence-electron chi connectivity index (χ2n) is 2.63. The Bertz CT molecular complexity index is 176. The van der Waals surface area contributed by atoms with Gasteiger partial charge in [-0.2, -0.15) is 0 Å². The molecule has 68 valence electrons. The molecule has 0 rings (SSSR count). The Morgan fingerprint density at radius 2 is 2.25 bits per heavy atom. The lowest BCUT2D eigenvalue weighted by Crippen LogP contribution is -2.23. The van der Waals surface area contributed by atoms with Gasteiger partial charge in [0.1, 0.15) is 0 Å². The summed E-state index contributed by atoms with van der Waals surface area (Å²) in [6, 6.07) is 0. The molecule has 0 unspecified atom stereocenters. The Hall–Kier alpha value is -0.970. The minimum atomic E-state index is 0.148. The molecule has 0 heterocycles. The number of carbonyl (C=O) groups is 1. The highest BCUT2D eigenvalue weighted by Gasteiger charge is 1.97. The number of hydrogen-bond acceptors (Lipinski definition) is 1. The molecule has 0 saturated carbocycles. The topological polar surface area (TPSA) is 29.1 Å². The highest BCUT2D eigenvalue weighted by Crippen LogP contribution is 1.93. The third-order valence-corrected chi connectivity index (χ3v) is 1.45. The van der Waals surface area contributed by atoms with E-state index in [1.807, 2.05) is 13.8 Å². The fourth-order valence-electron chi connectivity index (χ4n) is 0.815. The van der Waals surface area contributed by atoms with Crippen LogP contribution in [0.15, 0.2) is 0 Å². The van der Waals surface area contributed by atoms with Crippen molar-refractivity contribution in [3.05, 3.63) is 0 Å². The minimum Gasteiger partial charge on any atom is -0.356 e. The van der Waals surface area contributed by atoms with Gasteiger partial charge < -0.3 is 5.32 Å². The molecule has 0 atom stereocenters. The predicted octanol–water partition coefficient (Wildman–Crippen LogP) is 1.71. The SMILES string of the molecule is CC#CCCCC(=O)NCCC. The Balaban J connectivity index is 3.23. The zero-order valence-corrected chi connectivity index (χ0v) is 7.94. The molecule has 0 aliphatic carbocycles. The molecule has 0 aromatic rings. The summed E-state index contributed by atoms with van der Waals surface area (Å²) in [5, 5.41) is 2.82. The van der Waals surface area contributed by atoms with E-state index in [9.17, 15) is 4.79 Å². The Labute approximate surface area is 74.7 Å². The van der Waals surface area contributed by atoms with Crippen LogP contribution in [-0.4, -0.2) is 12.5 Å². The van der Waals surface area contributed by atoms with E-state index in [1.54, 1.807) is 0 Å². The van der Waals surface area contributed by atoms with Crippen molar-refractivity contribution in [3.63, 3.8) is 0 Å². The third-order valence-electron chi connectivity index (χ3n) is 1.45. The summed E-state index contributed by atoms with van der Waals surface area (Å²) < 4.78 is 0. The van der Waals surface area contributed by atoms with E-state index >= 15 is 0 Å². The van der Waals surface area contributed by atoms with Crippen LogP contribution in [0.25, 0.3) is 0 Å². The first-order valence-electron chi connectivity index (χ1n) is 4.47. The van der Waals surface area contributed by atoms with Crippen LogP contribution in [0.5, 0.6) is 0 Å². The molecule has 0 bridgehead atoms. The van der Waals surface area contributed by atoms with Crippen molar-refractivity contribution in [3.8, 4) is 11.8 Å². The summed E-state index contributed by atoms with van der Waals surface area (Å²) in [5.41, 5.74) is 0. The number of unbranched alkanes of at least 4 members (excludes halogenated alkanes) is 1. The highest BCUT2D eigenvalue weighted by atomic mass is 16.1. The first-order chi connectivity index (χ1) is 5.81. The molecule has 0 aliphatic heterocycles. The number of carbonyl (C=O) groups excluding carboxylic acids is 1. The summed E-state index contributed by atoms with van der Waals surface area (Å²) in [5.74, 6) is 5.88. The average molecular weight is 167 g/mol. The normalized spacial score (nSPS) is 8.50. The van der Waals surface area contributed by atoms with Crippen LogP contribution in [-0.2, 0) is 4.79 Å². The molecular weight excluding hydrogens is 150 g/mol. The van der Waals surface area contributed by atoms with Gasteiger partial charge in [-0.15, -0.1) is 11.8 Å². The summed E-state index contributed by atoms with van der Waals surface area (Å²) in [6.45, 7) is 4.65. The first-order valence-corrected chi connectivity index (χ1v) is 4.47. The van der Waals surface area contributed by atoms with E-state index in [1.165, 1.54) is 0 Å². The van der Waals surface area contributed by atoms with Crippen LogP contribution < -0.4 is 5.32 Å². The van der Waals surface area contributed by atoms with Crippen molar-refractivity contribution in [2.24, 2.45) is 0 Å². The molecule has 0 spiro atoms. The molecule has 0 fully saturated rings. The number of nitrogens with one attached hydrogen (secondary N) is 1. The Morgan fingerprint density at radius 3 is 2.83 bits per heavy atom. The van der Waals surface area contributed by atoms with E-state index in [2.05, 4.69) is 17.2 Å². The van der Waals surface area contributed by atoms with Gasteiger partial charge in [-0.25, -0.2) is 0 Å². The van der Waals surface area contributed by atoms with Gasteiger partial charge in [0.25, 0.3) is 0 Å². The van der Waals surface area contributed by atoms with E-state index in [-0.39, 0.29) is 5.91 Å². The summed E-state index contributed by atoms with van der Waals surface area (Å²) in [4.78, 5) is 11.0. The van der Waals surface area contributed by atoms with Gasteiger partial charge in [0.15, 0.2) is 0 Å². The van der Waals surface area contributed by atoms with Crippen LogP contribution >= 0.6 is 0 Å². The second-order valence-corrected chi connectivity index (χ2v) is 2.63. The molecule has 0 aromatic carbocycles. The van der Waals surface area contributed by atoms with Gasteiger partial charge in [0.05, 0.1) is 0 Å². The number of hydrogen-bond donors (Lipinski definition) is 1. The minimum absolute atomic E-state index is 0.148. The predicted molar refractivity (Wildman–Crippen MR) is 50.6 cm³/mol. The van der Waals surface area contributed by atoms with Gasteiger partial charge >= 0.3 is 0 Å². The molecule has 12 heavy (non-hydrogen) atoms. The number of amides is 1. The molecule has 0 saturated heterocycles. The summed E-state index contributed by atoms with van der Waals surface area (Å²) in [7, 11) is 0. The van der Waals surface area contributed by atoms with Crippen LogP contribution in [0.2, 0.25) is 0 Å². The maximum Gasteiger partial charge on any atom is 0.220 e. The zero-order chi connectivity index (χ0) is 9.23. The maximum atomic E-state index is 11.0. The van der Waals surface area contributed by atoms with Gasteiger partial charge in [0.2, 0.25) is 5.91 Å². The van der Waals surface area contributed by atoms with Crippen molar-refractivity contribution in [2.45, 2.75) is 39.5 Å². The highest BCUT2D eigenvalue weighted by molar-refractivity contribution is 5.75. The summed E-state index contributed by atoms with van der Waals surface area (Å²) in [6.07, 6.45) is 3.31. The lowest BCUT2D eigenvalue weighted by Gasteiger charge is -2.00. The molecular formula is C10H17NO. The third kappa shape index (κ3) is 7.14. The van der Waals surface area contributed by atoms with Crippen LogP contribution in [0.3, 0.4) is 0 Å². The van der Waals surface area contributed by atoms with E-state index in [0.717, 1.165) is 25.8 Å². The van der Waals surface area contributed by atoms with Gasteiger partial charge in [-0.05, 0) is 19.8 Å². The van der Waals surface area contributed by atoms with Crippen LogP contribution in [0.1, 0.15) is 39.5 Å². The maximum absolute atomic E-state index is 11.0. The quantitative estimate of drug-likeness (QED) is 0.490. The smallest absolute Gasteiger partial charge is 0.220 e. The number of rotatable bonds is 5. The fourth-order valence-corrected chi connectivity index (χ4v) is 0.815. The largest absolute Gasteiger partial charge is 0.356 e. The summed E-state index contributed by atoms with van der Waals surface area (Å²) >= 11 is 0. The second kappa shape index (κ2) is 8.13. The van der Waals surface area contributed by atoms with Gasteiger partial charge in [-0.1, -0.05) is 6.92 Å². The van der Waals surface area contributed by atoms with Crippen molar-refractivity contribution in [2.75, 3.05) is 6.54 Å². The molecule has 0 aromatic heterocycles. The zero-order valence-electron chi connectivity index (χ0n) is 7.94. The molecule has 0 radical (unpaired) electrons. The fraction of sp³-hybridized carbons (Fsp3) is 0.700. The van der Waals surface area contributed by atoms with Crippen molar-refractivity contribution in [1.82, 2.24) is 5.32 Å². The Kier molecular flexibility index (Phi) is 7.47. The average Bonchev–Trinajstić information content (AvgIpc) is 2.09. The van der Waals surface area contributed by atoms with Crippen molar-refractivity contribution >= 4 is 5.91 Å². The monoisotopic (exact) mass is 167 g/mol. The van der Waals surface area contributed by atoms with Crippen molar-refractivity contribution < 1.29 is 4.79 Å². The first kappa shape index (κ1) is 11.0. The standard InChI is InChI=1S/C10H17NO/c1-3-5-6-7-8-10(12)11-9-4-2/h4,6-9H2,1-2H3,(H,11,12). The van der Waals surface area contributed by atoms with E-state index in [0.29, 0.717) is 6.42 Å². The lowest BCUT2D eigenvalue weighted by molar-refractivity contribution is -0.121. The van der Waals surface area contributed by atoms with Crippen LogP contribution in [0.4, 0.5) is 0 Å². The molecule has 2 nitrogen and oxygen atoms in total. The molecule has 1 N–H and O–H groups in total. The molecule has 0 aliphatic rings. The van der Waals surface area contributed by atoms with Gasteiger partial charge in [-0.3, -0.25) is 4.79 Å². The lowest BCUT2D eigenvalue weighted by atomic mass is 10.2. The molecule has 2 heteroatoms. The van der Waals surface area contributed by atoms with Crippen LogP contribution in [0, 0.1) is 11.8 Å². The van der Waals surface area contributed by atoms with Crippen molar-refractivity contribution in [1.29, 1.82) is 0 Å². The van der Waals surface area contributed by atoms with Gasteiger partial charge in [0, 0.05) is 19.4 Å². The van der Waals surface area contributed by atoms with E-state index in [4.69, 9.17) is 0 Å². The van der Waals surface area contributed by atoms with E-state index < -0.39 is 0 Å². The Morgan fingerprint density at radius 1 is 1.50 bits per heavy atom. The molecule has 1 amide bonds.